The van der Waals surface area contributed by atoms with E-state index in [0.29, 0.717) is 5.82 Å². The van der Waals surface area contributed by atoms with Crippen molar-refractivity contribution < 1.29 is 0 Å². The summed E-state index contributed by atoms with van der Waals surface area (Å²) in [5.74, 6) is 1.78. The molecule has 6 heteroatoms. The van der Waals surface area contributed by atoms with E-state index in [1.54, 1.807) is 17.8 Å². The Hall–Kier alpha value is -2.73. The molecule has 5 N–H and O–H groups in total. The summed E-state index contributed by atoms with van der Waals surface area (Å²) in [6, 6.07) is 9.98. The van der Waals surface area contributed by atoms with E-state index in [9.17, 15) is 0 Å². The van der Waals surface area contributed by atoms with Gasteiger partial charge in [-0.3, -0.25) is 0 Å². The van der Waals surface area contributed by atoms with Gasteiger partial charge in [-0.25, -0.2) is 4.98 Å². The lowest BCUT2D eigenvalue weighted by atomic mass is 10.3. The quantitative estimate of drug-likeness (QED) is 0.525. The van der Waals surface area contributed by atoms with Gasteiger partial charge in [0.05, 0.1) is 0 Å². The molecule has 1 heterocycles. The van der Waals surface area contributed by atoms with E-state index in [-0.39, 0.29) is 5.95 Å². The van der Waals surface area contributed by atoms with Crippen molar-refractivity contribution in [2.45, 2.75) is 11.8 Å². The molecule has 0 aliphatic heterocycles. The molecular weight excluding hydrogens is 318 g/mol. The topological polar surface area (TPSA) is 89.8 Å². The molecule has 1 aromatic heterocycles. The lowest BCUT2D eigenvalue weighted by Gasteiger charge is -2.08. The average molecular weight is 339 g/mol. The summed E-state index contributed by atoms with van der Waals surface area (Å²) in [5.41, 5.74) is 14.0. The number of hydrogen-bond donors (Lipinski definition) is 3. The maximum Gasteiger partial charge on any atom is 0.222 e. The van der Waals surface area contributed by atoms with Crippen molar-refractivity contribution in [2.24, 2.45) is 5.73 Å². The molecule has 0 bridgehead atoms. The highest BCUT2D eigenvalue weighted by Crippen LogP contribution is 2.24. The van der Waals surface area contributed by atoms with Crippen molar-refractivity contribution in [3.8, 4) is 0 Å². The van der Waals surface area contributed by atoms with Crippen molar-refractivity contribution >= 4 is 29.2 Å². The van der Waals surface area contributed by atoms with Crippen molar-refractivity contribution in [3.05, 3.63) is 72.6 Å². The van der Waals surface area contributed by atoms with Crippen LogP contribution in [0.3, 0.4) is 0 Å². The van der Waals surface area contributed by atoms with Gasteiger partial charge in [0.15, 0.2) is 0 Å². The first-order valence-corrected chi connectivity index (χ1v) is 8.40. The Labute approximate surface area is 146 Å². The first-order valence-electron chi connectivity index (χ1n) is 7.41. The number of hydrogen-bond acceptors (Lipinski definition) is 6. The number of aromatic nitrogens is 2. The molecule has 2 rings (SSSR count). The summed E-state index contributed by atoms with van der Waals surface area (Å²) in [6.07, 6.45) is 7.14. The van der Waals surface area contributed by atoms with E-state index in [2.05, 4.69) is 34.0 Å². The third-order valence-electron chi connectivity index (χ3n) is 3.05. The zero-order valence-corrected chi connectivity index (χ0v) is 14.4. The van der Waals surface area contributed by atoms with Gasteiger partial charge in [0.25, 0.3) is 0 Å². The predicted molar refractivity (Wildman–Crippen MR) is 103 cm³/mol. The number of nitrogens with two attached hydrogens (primary N) is 2. The Morgan fingerprint density at radius 1 is 1.29 bits per heavy atom. The largest absolute Gasteiger partial charge is 0.405 e. The van der Waals surface area contributed by atoms with Gasteiger partial charge in [-0.05, 0) is 49.0 Å². The number of nitrogens with zero attached hydrogens (tertiary/aromatic N) is 2. The van der Waals surface area contributed by atoms with Crippen LogP contribution in [0.5, 0.6) is 0 Å². The van der Waals surface area contributed by atoms with Crippen LogP contribution in [0.2, 0.25) is 0 Å². The summed E-state index contributed by atoms with van der Waals surface area (Å²) in [4.78, 5) is 9.39. The molecule has 0 atom stereocenters. The minimum absolute atomic E-state index is 0.263. The summed E-state index contributed by atoms with van der Waals surface area (Å²) in [6.45, 7) is 5.60. The van der Waals surface area contributed by atoms with E-state index in [4.69, 9.17) is 11.5 Å². The molecule has 1 aromatic carbocycles. The van der Waals surface area contributed by atoms with Crippen molar-refractivity contribution in [1.29, 1.82) is 0 Å². The van der Waals surface area contributed by atoms with Crippen LogP contribution in [0.15, 0.2) is 71.8 Å². The molecule has 124 valence electrons. The van der Waals surface area contributed by atoms with Crippen molar-refractivity contribution in [2.75, 3.05) is 16.8 Å². The van der Waals surface area contributed by atoms with Crippen LogP contribution in [-0.4, -0.2) is 15.7 Å². The van der Waals surface area contributed by atoms with Crippen LogP contribution in [0.1, 0.15) is 5.69 Å². The van der Waals surface area contributed by atoms with Crippen LogP contribution in [-0.2, 0) is 0 Å². The fourth-order valence-electron chi connectivity index (χ4n) is 2.03. The number of benzene rings is 1. The maximum absolute atomic E-state index is 5.66. The predicted octanol–water partition coefficient (Wildman–Crippen LogP) is 3.79. The molecule has 24 heavy (non-hydrogen) atoms. The molecule has 0 amide bonds. The highest BCUT2D eigenvalue weighted by molar-refractivity contribution is 7.99. The van der Waals surface area contributed by atoms with Crippen LogP contribution >= 0.6 is 11.8 Å². The number of aryl methyl sites for hydroxylation is 1. The average Bonchev–Trinajstić information content (AvgIpc) is 2.53. The maximum atomic E-state index is 5.66. The van der Waals surface area contributed by atoms with Crippen LogP contribution in [0.25, 0.3) is 0 Å². The monoisotopic (exact) mass is 339 g/mol. The molecule has 0 aliphatic carbocycles. The van der Waals surface area contributed by atoms with E-state index in [0.717, 1.165) is 22.7 Å². The molecule has 0 radical (unpaired) electrons. The van der Waals surface area contributed by atoms with E-state index >= 15 is 0 Å². The molecule has 2 aromatic rings. The SMILES string of the molecule is C=C/C=C(\C=C/N)CSc1ccc(Nc2cc(C)nc(N)n2)cc1. The van der Waals surface area contributed by atoms with Gasteiger partial charge in [-0.1, -0.05) is 18.7 Å². The molecule has 0 fully saturated rings. The van der Waals surface area contributed by atoms with Gasteiger partial charge in [0.2, 0.25) is 5.95 Å². The van der Waals surface area contributed by atoms with Gasteiger partial charge >= 0.3 is 0 Å². The van der Waals surface area contributed by atoms with Crippen molar-refractivity contribution in [1.82, 2.24) is 9.97 Å². The summed E-state index contributed by atoms with van der Waals surface area (Å²) >= 11 is 1.73. The number of anilines is 3. The Morgan fingerprint density at radius 2 is 2.04 bits per heavy atom. The first kappa shape index (κ1) is 17.6. The third-order valence-corrected chi connectivity index (χ3v) is 4.13. The zero-order chi connectivity index (χ0) is 17.4. The first-order chi connectivity index (χ1) is 11.6. The Kier molecular flexibility index (Phi) is 6.45. The Balaban J connectivity index is 2.00. The number of nitrogens with one attached hydrogen (secondary N) is 1. The standard InChI is InChI=1S/C18H21N5S/c1-3-4-14(9-10-19)12-24-16-7-5-15(6-8-16)22-17-11-13(2)21-18(20)23-17/h3-11H,1,12,19H2,2H3,(H3,20,21,22,23)/b10-9-,14-4+. The lowest BCUT2D eigenvalue weighted by molar-refractivity contribution is 1.12. The fraction of sp³-hybridized carbons (Fsp3) is 0.111. The second-order valence-corrected chi connectivity index (χ2v) is 6.08. The normalized spacial score (nSPS) is 11.6. The minimum atomic E-state index is 0.263. The second-order valence-electron chi connectivity index (χ2n) is 5.03. The van der Waals surface area contributed by atoms with Crippen molar-refractivity contribution in [3.63, 3.8) is 0 Å². The highest BCUT2D eigenvalue weighted by Gasteiger charge is 2.01. The molecule has 0 spiro atoms. The highest BCUT2D eigenvalue weighted by atomic mass is 32.2. The molecule has 0 saturated heterocycles. The molecule has 0 saturated carbocycles. The zero-order valence-electron chi connectivity index (χ0n) is 13.6. The number of rotatable bonds is 7. The molecule has 5 nitrogen and oxygen atoms in total. The summed E-state index contributed by atoms with van der Waals surface area (Å²) < 4.78 is 0. The van der Waals surface area contributed by atoms with E-state index in [1.165, 1.54) is 11.1 Å². The smallest absolute Gasteiger partial charge is 0.222 e. The fourth-order valence-corrected chi connectivity index (χ4v) is 2.89. The van der Waals surface area contributed by atoms with Gasteiger partial charge in [0, 0.05) is 28.1 Å². The van der Waals surface area contributed by atoms with Crippen LogP contribution in [0.4, 0.5) is 17.5 Å². The van der Waals surface area contributed by atoms with Gasteiger partial charge in [-0.2, -0.15) is 4.98 Å². The minimum Gasteiger partial charge on any atom is -0.405 e. The van der Waals surface area contributed by atoms with Gasteiger partial charge in [-0.15, -0.1) is 11.8 Å². The molecular formula is C18H21N5S. The number of nitrogen functional groups attached to an aromatic ring is 1. The molecule has 0 aliphatic rings. The van der Waals surface area contributed by atoms with E-state index in [1.807, 2.05) is 37.3 Å². The van der Waals surface area contributed by atoms with Gasteiger partial charge in [0.1, 0.15) is 5.82 Å². The molecule has 0 unspecified atom stereocenters. The van der Waals surface area contributed by atoms with E-state index < -0.39 is 0 Å². The Morgan fingerprint density at radius 3 is 2.67 bits per heavy atom. The number of thioether (sulfide) groups is 1. The number of allylic oxidation sites excluding steroid dienone is 3. The summed E-state index contributed by atoms with van der Waals surface area (Å²) in [5, 5.41) is 3.23. The Bertz CT molecular complexity index is 730. The van der Waals surface area contributed by atoms with Gasteiger partial charge < -0.3 is 16.8 Å². The van der Waals surface area contributed by atoms with Crippen LogP contribution < -0.4 is 16.8 Å². The lowest BCUT2D eigenvalue weighted by Crippen LogP contribution is -2.01. The second kappa shape index (κ2) is 8.79. The third kappa shape index (κ3) is 5.48. The van der Waals surface area contributed by atoms with Crippen LogP contribution in [0, 0.1) is 6.92 Å². The summed E-state index contributed by atoms with van der Waals surface area (Å²) in [7, 11) is 0.